The van der Waals surface area contributed by atoms with Crippen LogP contribution >= 0.6 is 0 Å². The molecule has 7 heteroatoms. The van der Waals surface area contributed by atoms with Gasteiger partial charge in [-0.3, -0.25) is 4.79 Å². The molecule has 1 heterocycles. The highest BCUT2D eigenvalue weighted by molar-refractivity contribution is 7.89. The molecule has 162 valence electrons. The van der Waals surface area contributed by atoms with E-state index in [1.807, 2.05) is 18.2 Å². The van der Waals surface area contributed by atoms with Crippen molar-refractivity contribution in [3.63, 3.8) is 0 Å². The van der Waals surface area contributed by atoms with E-state index in [1.54, 1.807) is 25.1 Å². The largest absolute Gasteiger partial charge is 0.483 e. The van der Waals surface area contributed by atoms with Gasteiger partial charge in [-0.25, -0.2) is 8.42 Å². The SMILES string of the molecule is CCc1cccc(CC)c1NC(=O)COc1ccc(S(=O)(=O)N2CCCC2)cc1C. The van der Waals surface area contributed by atoms with Crippen LogP contribution in [0.15, 0.2) is 41.3 Å². The van der Waals surface area contributed by atoms with Crippen molar-refractivity contribution in [2.45, 2.75) is 51.3 Å². The maximum absolute atomic E-state index is 12.7. The second-order valence-electron chi connectivity index (χ2n) is 7.53. The molecule has 1 saturated heterocycles. The number of nitrogens with one attached hydrogen (secondary N) is 1. The molecule has 0 atom stereocenters. The first kappa shape index (κ1) is 22.3. The van der Waals surface area contributed by atoms with Gasteiger partial charge in [0.25, 0.3) is 5.91 Å². The minimum absolute atomic E-state index is 0.139. The molecule has 0 unspecified atom stereocenters. The highest BCUT2D eigenvalue weighted by atomic mass is 32.2. The van der Waals surface area contributed by atoms with Crippen molar-refractivity contribution in [1.82, 2.24) is 4.31 Å². The first-order valence-corrected chi connectivity index (χ1v) is 11.9. The lowest BCUT2D eigenvalue weighted by atomic mass is 10.0. The number of carbonyl (C=O) groups is 1. The molecule has 1 fully saturated rings. The summed E-state index contributed by atoms with van der Waals surface area (Å²) in [7, 11) is -3.47. The monoisotopic (exact) mass is 430 g/mol. The van der Waals surface area contributed by atoms with Crippen molar-refractivity contribution in [1.29, 1.82) is 0 Å². The Balaban J connectivity index is 1.67. The molecule has 0 bridgehead atoms. The lowest BCUT2D eigenvalue weighted by Crippen LogP contribution is -2.28. The van der Waals surface area contributed by atoms with Crippen molar-refractivity contribution in [3.8, 4) is 5.75 Å². The van der Waals surface area contributed by atoms with E-state index in [2.05, 4.69) is 19.2 Å². The Morgan fingerprint density at radius 1 is 1.07 bits per heavy atom. The number of aryl methyl sites for hydroxylation is 3. The van der Waals surface area contributed by atoms with Crippen LogP contribution in [0.2, 0.25) is 0 Å². The van der Waals surface area contributed by atoms with Crippen LogP contribution in [0, 0.1) is 6.92 Å². The Labute approximate surface area is 179 Å². The van der Waals surface area contributed by atoms with Crippen molar-refractivity contribution < 1.29 is 17.9 Å². The Bertz CT molecular complexity index is 990. The van der Waals surface area contributed by atoms with E-state index < -0.39 is 10.0 Å². The van der Waals surface area contributed by atoms with Gasteiger partial charge in [0.1, 0.15) is 5.75 Å². The number of anilines is 1. The molecule has 1 aliphatic heterocycles. The number of hydrogen-bond acceptors (Lipinski definition) is 4. The lowest BCUT2D eigenvalue weighted by molar-refractivity contribution is -0.118. The molecule has 1 N–H and O–H groups in total. The number of amides is 1. The van der Waals surface area contributed by atoms with Gasteiger partial charge in [0.15, 0.2) is 6.61 Å². The van der Waals surface area contributed by atoms with E-state index in [0.29, 0.717) is 24.4 Å². The minimum Gasteiger partial charge on any atom is -0.483 e. The zero-order valence-corrected chi connectivity index (χ0v) is 18.7. The van der Waals surface area contributed by atoms with Gasteiger partial charge < -0.3 is 10.1 Å². The Morgan fingerprint density at radius 2 is 1.70 bits per heavy atom. The molecule has 0 saturated carbocycles. The fourth-order valence-corrected chi connectivity index (χ4v) is 5.35. The Hall–Kier alpha value is -2.38. The molecule has 3 rings (SSSR count). The van der Waals surface area contributed by atoms with Crippen LogP contribution in [-0.2, 0) is 27.7 Å². The maximum Gasteiger partial charge on any atom is 0.262 e. The maximum atomic E-state index is 12.7. The van der Waals surface area contributed by atoms with Gasteiger partial charge in [0, 0.05) is 18.8 Å². The van der Waals surface area contributed by atoms with Crippen molar-refractivity contribution in [2.75, 3.05) is 25.0 Å². The number of benzene rings is 2. The number of sulfonamides is 1. The molecule has 1 aliphatic rings. The summed E-state index contributed by atoms with van der Waals surface area (Å²) in [6.45, 7) is 6.90. The van der Waals surface area contributed by atoms with Crippen LogP contribution in [-0.4, -0.2) is 38.3 Å². The van der Waals surface area contributed by atoms with Crippen LogP contribution < -0.4 is 10.1 Å². The van der Waals surface area contributed by atoms with E-state index in [1.165, 1.54) is 4.31 Å². The molecule has 0 spiro atoms. The van der Waals surface area contributed by atoms with E-state index in [9.17, 15) is 13.2 Å². The third-order valence-electron chi connectivity index (χ3n) is 5.47. The first-order chi connectivity index (χ1) is 14.4. The number of para-hydroxylation sites is 1. The molecule has 6 nitrogen and oxygen atoms in total. The third-order valence-corrected chi connectivity index (χ3v) is 7.37. The normalized spacial score (nSPS) is 14.6. The Morgan fingerprint density at radius 3 is 2.27 bits per heavy atom. The summed E-state index contributed by atoms with van der Waals surface area (Å²) < 4.78 is 32.6. The zero-order valence-electron chi connectivity index (χ0n) is 17.9. The average molecular weight is 431 g/mol. The van der Waals surface area contributed by atoms with E-state index in [0.717, 1.165) is 42.5 Å². The fraction of sp³-hybridized carbons (Fsp3) is 0.435. The second-order valence-corrected chi connectivity index (χ2v) is 9.47. The minimum atomic E-state index is -3.47. The number of hydrogen-bond donors (Lipinski definition) is 1. The highest BCUT2D eigenvalue weighted by Crippen LogP contribution is 2.26. The van der Waals surface area contributed by atoms with Crippen LogP contribution in [0.25, 0.3) is 0 Å². The molecule has 2 aromatic rings. The van der Waals surface area contributed by atoms with Gasteiger partial charge >= 0.3 is 0 Å². The third kappa shape index (κ3) is 4.84. The molecule has 2 aromatic carbocycles. The molecule has 1 amide bonds. The summed E-state index contributed by atoms with van der Waals surface area (Å²) in [6.07, 6.45) is 3.46. The summed E-state index contributed by atoms with van der Waals surface area (Å²) >= 11 is 0. The number of nitrogens with zero attached hydrogens (tertiary/aromatic N) is 1. The Kier molecular flexibility index (Phi) is 7.15. The van der Waals surface area contributed by atoms with Gasteiger partial charge in [0.2, 0.25) is 10.0 Å². The summed E-state index contributed by atoms with van der Waals surface area (Å²) in [5, 5.41) is 2.98. The van der Waals surface area contributed by atoms with Gasteiger partial charge in [0.05, 0.1) is 4.90 Å². The lowest BCUT2D eigenvalue weighted by Gasteiger charge is -2.17. The van der Waals surface area contributed by atoms with Gasteiger partial charge in [-0.15, -0.1) is 0 Å². The van der Waals surface area contributed by atoms with E-state index >= 15 is 0 Å². The summed E-state index contributed by atoms with van der Waals surface area (Å²) in [5.74, 6) is 0.267. The predicted octanol–water partition coefficient (Wildman–Crippen LogP) is 3.92. The highest BCUT2D eigenvalue weighted by Gasteiger charge is 2.27. The van der Waals surface area contributed by atoms with Crippen molar-refractivity contribution in [2.24, 2.45) is 0 Å². The quantitative estimate of drug-likeness (QED) is 0.689. The predicted molar refractivity (Wildman–Crippen MR) is 118 cm³/mol. The van der Waals surface area contributed by atoms with E-state index in [-0.39, 0.29) is 17.4 Å². The van der Waals surface area contributed by atoms with Crippen LogP contribution in [0.3, 0.4) is 0 Å². The van der Waals surface area contributed by atoms with Crippen LogP contribution in [0.1, 0.15) is 43.4 Å². The van der Waals surface area contributed by atoms with Crippen LogP contribution in [0.5, 0.6) is 5.75 Å². The average Bonchev–Trinajstić information content (AvgIpc) is 3.28. The topological polar surface area (TPSA) is 75.7 Å². The second kappa shape index (κ2) is 9.62. The van der Waals surface area contributed by atoms with Gasteiger partial charge in [-0.2, -0.15) is 4.31 Å². The smallest absolute Gasteiger partial charge is 0.262 e. The van der Waals surface area contributed by atoms with Crippen molar-refractivity contribution >= 4 is 21.6 Å². The number of ether oxygens (including phenoxy) is 1. The fourth-order valence-electron chi connectivity index (χ4n) is 3.74. The molecular formula is C23H30N2O4S. The molecule has 0 aliphatic carbocycles. The van der Waals surface area contributed by atoms with E-state index in [4.69, 9.17) is 4.74 Å². The standard InChI is InChI=1S/C23H30N2O4S/c1-4-18-9-8-10-19(5-2)23(18)24-22(26)16-29-21-12-11-20(15-17(21)3)30(27,28)25-13-6-7-14-25/h8-12,15H,4-7,13-14,16H2,1-3H3,(H,24,26). The molecule has 0 radical (unpaired) electrons. The van der Waals surface area contributed by atoms with Crippen molar-refractivity contribution in [3.05, 3.63) is 53.1 Å². The van der Waals surface area contributed by atoms with Crippen LogP contribution in [0.4, 0.5) is 5.69 Å². The zero-order chi connectivity index (χ0) is 21.7. The van der Waals surface area contributed by atoms with Gasteiger partial charge in [-0.1, -0.05) is 32.0 Å². The summed E-state index contributed by atoms with van der Waals surface area (Å²) in [4.78, 5) is 12.8. The summed E-state index contributed by atoms with van der Waals surface area (Å²) in [6, 6.07) is 10.8. The molecular weight excluding hydrogens is 400 g/mol. The first-order valence-electron chi connectivity index (χ1n) is 10.5. The number of carbonyl (C=O) groups excluding carboxylic acids is 1. The summed E-state index contributed by atoms with van der Waals surface area (Å²) in [5.41, 5.74) is 3.73. The number of rotatable bonds is 8. The van der Waals surface area contributed by atoms with Gasteiger partial charge in [-0.05, 0) is 67.5 Å². The molecule has 30 heavy (non-hydrogen) atoms. The molecule has 0 aromatic heterocycles.